The molecule has 1 aromatic rings. The lowest BCUT2D eigenvalue weighted by Crippen LogP contribution is -2.28. The van der Waals surface area contributed by atoms with Gasteiger partial charge in [-0.05, 0) is 15.9 Å². The van der Waals surface area contributed by atoms with Crippen LogP contribution in [-0.4, -0.2) is 31.1 Å². The number of nitrogens with zero attached hydrogens (tertiary/aromatic N) is 1. The molecule has 0 fully saturated rings. The number of methoxy groups -OCH3 is 2. The molecule has 0 aliphatic carbocycles. The third kappa shape index (κ3) is 3.28. The first-order valence-electron chi connectivity index (χ1n) is 4.34. The Morgan fingerprint density at radius 3 is 2.38 bits per heavy atom. The van der Waals surface area contributed by atoms with Crippen molar-refractivity contribution in [2.75, 3.05) is 14.2 Å². The Morgan fingerprint density at radius 1 is 1.44 bits per heavy atom. The van der Waals surface area contributed by atoms with Gasteiger partial charge in [0, 0.05) is 17.5 Å². The number of hydrogen-bond donors (Lipinski definition) is 0. The van der Waals surface area contributed by atoms with Crippen molar-refractivity contribution in [1.82, 2.24) is 4.98 Å². The van der Waals surface area contributed by atoms with Crippen LogP contribution in [0.1, 0.15) is 4.88 Å². The van der Waals surface area contributed by atoms with Gasteiger partial charge in [-0.15, -0.1) is 11.3 Å². The third-order valence-corrected chi connectivity index (χ3v) is 3.40. The lowest BCUT2D eigenvalue weighted by atomic mass is 10.1. The van der Waals surface area contributed by atoms with Crippen molar-refractivity contribution in [3.63, 3.8) is 0 Å². The molecular weight excluding hydrogens is 298 g/mol. The van der Waals surface area contributed by atoms with Crippen molar-refractivity contribution in [3.05, 3.63) is 15.0 Å². The molecule has 0 aliphatic rings. The van der Waals surface area contributed by atoms with E-state index >= 15 is 0 Å². The van der Waals surface area contributed by atoms with E-state index in [1.807, 2.05) is 0 Å². The highest BCUT2D eigenvalue weighted by Gasteiger charge is 2.29. The number of carbonyl (C=O) groups excluding carboxylic acids is 2. The van der Waals surface area contributed by atoms with Crippen LogP contribution < -0.4 is 0 Å². The van der Waals surface area contributed by atoms with Crippen molar-refractivity contribution >= 4 is 39.2 Å². The van der Waals surface area contributed by atoms with Gasteiger partial charge in [0.15, 0.2) is 9.83 Å². The van der Waals surface area contributed by atoms with Crippen molar-refractivity contribution in [1.29, 1.82) is 0 Å². The van der Waals surface area contributed by atoms with Crippen molar-refractivity contribution in [2.45, 2.75) is 6.42 Å². The molecule has 0 aliphatic heterocycles. The van der Waals surface area contributed by atoms with E-state index in [1.165, 1.54) is 25.6 Å². The first-order chi connectivity index (χ1) is 7.58. The van der Waals surface area contributed by atoms with Gasteiger partial charge in [0.25, 0.3) is 0 Å². The second-order valence-electron chi connectivity index (χ2n) is 2.88. The number of ether oxygens (including phenoxy) is 2. The molecule has 1 heterocycles. The average molecular weight is 308 g/mol. The standard InChI is InChI=1S/C9H10BrNO4S/c1-14-7(12)6(8(13)15-2)3-5-4-11-9(10)16-5/h4,6H,3H2,1-2H3. The Balaban J connectivity index is 2.78. The number of thiazole rings is 1. The van der Waals surface area contributed by atoms with Gasteiger partial charge >= 0.3 is 11.9 Å². The van der Waals surface area contributed by atoms with Gasteiger partial charge in [-0.1, -0.05) is 0 Å². The monoisotopic (exact) mass is 307 g/mol. The van der Waals surface area contributed by atoms with Crippen LogP contribution in [0, 0.1) is 5.92 Å². The van der Waals surface area contributed by atoms with Crippen molar-refractivity contribution in [3.8, 4) is 0 Å². The number of carbonyl (C=O) groups is 2. The number of esters is 2. The molecule has 1 aromatic heterocycles. The molecular formula is C9H10BrNO4S. The zero-order chi connectivity index (χ0) is 12.1. The number of hydrogen-bond acceptors (Lipinski definition) is 6. The quantitative estimate of drug-likeness (QED) is 0.621. The molecule has 0 N–H and O–H groups in total. The van der Waals surface area contributed by atoms with Crippen LogP contribution in [0.2, 0.25) is 0 Å². The summed E-state index contributed by atoms with van der Waals surface area (Å²) in [6.45, 7) is 0. The molecule has 0 bridgehead atoms. The predicted octanol–water partition coefficient (Wildman–Crippen LogP) is 1.41. The van der Waals surface area contributed by atoms with Crippen LogP contribution in [0.3, 0.4) is 0 Å². The fraction of sp³-hybridized carbons (Fsp3) is 0.444. The minimum Gasteiger partial charge on any atom is -0.468 e. The van der Waals surface area contributed by atoms with Crippen LogP contribution in [0.15, 0.2) is 10.1 Å². The first kappa shape index (κ1) is 13.1. The van der Waals surface area contributed by atoms with Crippen molar-refractivity contribution < 1.29 is 19.1 Å². The summed E-state index contributed by atoms with van der Waals surface area (Å²) in [7, 11) is 2.47. The lowest BCUT2D eigenvalue weighted by Gasteiger charge is -2.10. The fourth-order valence-corrected chi connectivity index (χ4v) is 2.53. The molecule has 0 unspecified atom stereocenters. The highest BCUT2D eigenvalue weighted by Crippen LogP contribution is 2.22. The van der Waals surface area contributed by atoms with Crippen LogP contribution in [0.4, 0.5) is 0 Å². The normalized spacial score (nSPS) is 10.2. The Kier molecular flexibility index (Phi) is 4.88. The van der Waals surface area contributed by atoms with Gasteiger partial charge in [-0.25, -0.2) is 4.98 Å². The van der Waals surface area contributed by atoms with Gasteiger partial charge in [0.05, 0.1) is 14.2 Å². The highest BCUT2D eigenvalue weighted by atomic mass is 79.9. The maximum atomic E-state index is 11.4. The molecule has 0 aromatic carbocycles. The summed E-state index contributed by atoms with van der Waals surface area (Å²) in [5.74, 6) is -2.13. The summed E-state index contributed by atoms with van der Waals surface area (Å²) in [5, 5.41) is 0. The van der Waals surface area contributed by atoms with Crippen LogP contribution in [0.5, 0.6) is 0 Å². The van der Waals surface area contributed by atoms with Gasteiger partial charge in [-0.3, -0.25) is 9.59 Å². The first-order valence-corrected chi connectivity index (χ1v) is 5.95. The van der Waals surface area contributed by atoms with E-state index in [1.54, 1.807) is 6.20 Å². The van der Waals surface area contributed by atoms with E-state index in [4.69, 9.17) is 0 Å². The molecule has 16 heavy (non-hydrogen) atoms. The molecule has 0 saturated heterocycles. The molecule has 5 nitrogen and oxygen atoms in total. The Morgan fingerprint density at radius 2 is 2.00 bits per heavy atom. The SMILES string of the molecule is COC(=O)C(Cc1cnc(Br)s1)C(=O)OC. The van der Waals surface area contributed by atoms with Gasteiger partial charge < -0.3 is 9.47 Å². The van der Waals surface area contributed by atoms with Gasteiger partial charge in [0.1, 0.15) is 0 Å². The molecule has 1 rings (SSSR count). The zero-order valence-electron chi connectivity index (χ0n) is 8.73. The van der Waals surface area contributed by atoms with E-state index in [2.05, 4.69) is 30.4 Å². The van der Waals surface area contributed by atoms with Crippen LogP contribution >= 0.6 is 27.3 Å². The zero-order valence-corrected chi connectivity index (χ0v) is 11.1. The summed E-state index contributed by atoms with van der Waals surface area (Å²) in [5.41, 5.74) is 0. The molecule has 0 atom stereocenters. The Hall–Kier alpha value is -0.950. The van der Waals surface area contributed by atoms with E-state index in [-0.39, 0.29) is 6.42 Å². The molecule has 0 amide bonds. The van der Waals surface area contributed by atoms with E-state index in [9.17, 15) is 9.59 Å². The molecule has 0 saturated carbocycles. The van der Waals surface area contributed by atoms with Gasteiger partial charge in [-0.2, -0.15) is 0 Å². The summed E-state index contributed by atoms with van der Waals surface area (Å²) in [6, 6.07) is 0. The van der Waals surface area contributed by atoms with Crippen molar-refractivity contribution in [2.24, 2.45) is 5.92 Å². The van der Waals surface area contributed by atoms with E-state index in [0.29, 0.717) is 3.92 Å². The molecule has 0 radical (unpaired) electrons. The fourth-order valence-electron chi connectivity index (χ4n) is 1.13. The Labute approximate surface area is 105 Å². The number of halogens is 1. The van der Waals surface area contributed by atoms with Crippen LogP contribution in [-0.2, 0) is 25.5 Å². The molecule has 7 heteroatoms. The number of aromatic nitrogens is 1. The molecule has 88 valence electrons. The summed E-state index contributed by atoms with van der Waals surface area (Å²) in [4.78, 5) is 27.5. The van der Waals surface area contributed by atoms with Crippen LogP contribution in [0.25, 0.3) is 0 Å². The summed E-state index contributed by atoms with van der Waals surface area (Å²) in [6.07, 6.45) is 1.84. The maximum Gasteiger partial charge on any atom is 0.320 e. The summed E-state index contributed by atoms with van der Waals surface area (Å²) < 4.78 is 9.80. The molecule has 0 spiro atoms. The summed E-state index contributed by atoms with van der Waals surface area (Å²) >= 11 is 4.57. The topological polar surface area (TPSA) is 65.5 Å². The van der Waals surface area contributed by atoms with E-state index < -0.39 is 17.9 Å². The minimum atomic E-state index is -0.928. The highest BCUT2D eigenvalue weighted by molar-refractivity contribution is 9.11. The predicted molar refractivity (Wildman–Crippen MR) is 61.0 cm³/mol. The lowest BCUT2D eigenvalue weighted by molar-refractivity contribution is -0.158. The third-order valence-electron chi connectivity index (χ3n) is 1.90. The Bertz CT molecular complexity index is 377. The smallest absolute Gasteiger partial charge is 0.320 e. The number of rotatable bonds is 4. The minimum absolute atomic E-state index is 0.239. The average Bonchev–Trinajstić information content (AvgIpc) is 2.69. The second-order valence-corrected chi connectivity index (χ2v) is 5.27. The second kappa shape index (κ2) is 5.95. The maximum absolute atomic E-state index is 11.4. The van der Waals surface area contributed by atoms with E-state index in [0.717, 1.165) is 4.88 Å². The van der Waals surface area contributed by atoms with Gasteiger partial charge in [0.2, 0.25) is 0 Å². The largest absolute Gasteiger partial charge is 0.468 e.